The highest BCUT2D eigenvalue weighted by Crippen LogP contribution is 2.06. The molecule has 1 N–H and O–H groups in total. The van der Waals surface area contributed by atoms with E-state index in [-0.39, 0.29) is 12.1 Å². The van der Waals surface area contributed by atoms with E-state index < -0.39 is 0 Å². The van der Waals surface area contributed by atoms with Crippen LogP contribution >= 0.6 is 12.6 Å². The Morgan fingerprint density at radius 1 is 1.27 bits per heavy atom. The van der Waals surface area contributed by atoms with Crippen LogP contribution in [-0.2, 0) is 6.42 Å². The van der Waals surface area contributed by atoms with Gasteiger partial charge in [0.1, 0.15) is 0 Å². The topological polar surface area (TPSA) is 35.6 Å². The molecule has 22 heavy (non-hydrogen) atoms. The molecule has 1 aromatic carbocycles. The smallest absolute Gasteiger partial charge is 0.317 e. The van der Waals surface area contributed by atoms with Crippen LogP contribution in [0.15, 0.2) is 30.3 Å². The number of nitrogens with zero attached hydrogens (tertiary/aromatic N) is 2. The van der Waals surface area contributed by atoms with Gasteiger partial charge in [0.2, 0.25) is 0 Å². The van der Waals surface area contributed by atoms with Crippen molar-refractivity contribution in [1.82, 2.24) is 15.1 Å². The highest BCUT2D eigenvalue weighted by molar-refractivity contribution is 7.80. The predicted octanol–water partition coefficient (Wildman–Crippen LogP) is 1.49. The number of hydrogen-bond donors (Lipinski definition) is 2. The standard InChI is InChI=1S/C17H23N3OS/c1-2-8-19-9-11-20(12-10-19)17(21)18-16(14-22)13-15-6-4-3-5-7-15/h1,3-7,16,22H,8-14H2,(H,18,21). The third-order valence-corrected chi connectivity index (χ3v) is 4.29. The maximum Gasteiger partial charge on any atom is 0.317 e. The van der Waals surface area contributed by atoms with Gasteiger partial charge in [-0.05, 0) is 12.0 Å². The normalized spacial score (nSPS) is 16.8. The van der Waals surface area contributed by atoms with Gasteiger partial charge < -0.3 is 10.2 Å². The van der Waals surface area contributed by atoms with Gasteiger partial charge in [0.25, 0.3) is 0 Å². The van der Waals surface area contributed by atoms with Crippen molar-refractivity contribution in [3.63, 3.8) is 0 Å². The Morgan fingerprint density at radius 3 is 2.55 bits per heavy atom. The van der Waals surface area contributed by atoms with Crippen LogP contribution in [0.1, 0.15) is 5.56 Å². The van der Waals surface area contributed by atoms with Crippen LogP contribution in [0, 0.1) is 12.3 Å². The SMILES string of the molecule is C#CCN1CCN(C(=O)NC(CS)Cc2ccccc2)CC1. The first-order chi connectivity index (χ1) is 10.7. The third-order valence-electron chi connectivity index (χ3n) is 3.85. The van der Waals surface area contributed by atoms with Gasteiger partial charge >= 0.3 is 6.03 Å². The molecular formula is C17H23N3OS. The largest absolute Gasteiger partial charge is 0.334 e. The third kappa shape index (κ3) is 4.97. The molecule has 118 valence electrons. The summed E-state index contributed by atoms with van der Waals surface area (Å²) in [6.07, 6.45) is 6.12. The highest BCUT2D eigenvalue weighted by atomic mass is 32.1. The summed E-state index contributed by atoms with van der Waals surface area (Å²) < 4.78 is 0. The number of rotatable bonds is 5. The van der Waals surface area contributed by atoms with Crippen molar-refractivity contribution >= 4 is 18.7 Å². The van der Waals surface area contributed by atoms with Gasteiger partial charge in [-0.15, -0.1) is 6.42 Å². The molecule has 0 bridgehead atoms. The zero-order valence-electron chi connectivity index (χ0n) is 12.7. The summed E-state index contributed by atoms with van der Waals surface area (Å²) in [5.74, 6) is 3.27. The van der Waals surface area contributed by atoms with Crippen LogP contribution < -0.4 is 5.32 Å². The Kier molecular flexibility index (Phi) is 6.63. The number of amides is 2. The lowest BCUT2D eigenvalue weighted by Gasteiger charge is -2.34. The van der Waals surface area contributed by atoms with Gasteiger partial charge in [0.05, 0.1) is 6.54 Å². The summed E-state index contributed by atoms with van der Waals surface area (Å²) in [6, 6.07) is 10.2. The molecular weight excluding hydrogens is 294 g/mol. The molecule has 0 saturated carbocycles. The van der Waals surface area contributed by atoms with Gasteiger partial charge in [-0.3, -0.25) is 4.90 Å². The average Bonchev–Trinajstić information content (AvgIpc) is 2.56. The van der Waals surface area contributed by atoms with Crippen molar-refractivity contribution in [1.29, 1.82) is 0 Å². The molecule has 2 rings (SSSR count). The molecule has 1 aromatic rings. The summed E-state index contributed by atoms with van der Waals surface area (Å²) >= 11 is 4.36. The lowest BCUT2D eigenvalue weighted by Crippen LogP contribution is -2.54. The second-order valence-corrected chi connectivity index (χ2v) is 5.85. The molecule has 1 aliphatic heterocycles. The fraction of sp³-hybridized carbons (Fsp3) is 0.471. The Labute approximate surface area is 138 Å². The molecule has 1 fully saturated rings. The number of carbonyl (C=O) groups is 1. The van der Waals surface area contributed by atoms with Gasteiger partial charge in [-0.2, -0.15) is 12.6 Å². The predicted molar refractivity (Wildman–Crippen MR) is 93.2 cm³/mol. The summed E-state index contributed by atoms with van der Waals surface area (Å²) in [5, 5.41) is 3.08. The molecule has 0 spiro atoms. The number of terminal acetylenes is 1. The maximum atomic E-state index is 12.3. The highest BCUT2D eigenvalue weighted by Gasteiger charge is 2.22. The van der Waals surface area contributed by atoms with Crippen molar-refractivity contribution in [2.45, 2.75) is 12.5 Å². The Morgan fingerprint density at radius 2 is 1.95 bits per heavy atom. The van der Waals surface area contributed by atoms with Crippen LogP contribution in [0.4, 0.5) is 4.79 Å². The quantitative estimate of drug-likeness (QED) is 0.637. The van der Waals surface area contributed by atoms with E-state index in [9.17, 15) is 4.79 Å². The molecule has 1 saturated heterocycles. The second kappa shape index (κ2) is 8.72. The first kappa shape index (κ1) is 16.7. The minimum atomic E-state index is -0.00432. The number of hydrogen-bond acceptors (Lipinski definition) is 3. The lowest BCUT2D eigenvalue weighted by atomic mass is 10.1. The zero-order valence-corrected chi connectivity index (χ0v) is 13.6. The molecule has 1 atom stereocenters. The average molecular weight is 317 g/mol. The molecule has 5 heteroatoms. The van der Waals surface area contributed by atoms with Crippen molar-refractivity contribution < 1.29 is 4.79 Å². The minimum Gasteiger partial charge on any atom is -0.334 e. The maximum absolute atomic E-state index is 12.3. The van der Waals surface area contributed by atoms with Crippen LogP contribution in [0.2, 0.25) is 0 Å². The van der Waals surface area contributed by atoms with Crippen LogP contribution in [0.3, 0.4) is 0 Å². The van der Waals surface area contributed by atoms with Crippen LogP contribution in [-0.4, -0.2) is 60.3 Å². The van der Waals surface area contributed by atoms with E-state index >= 15 is 0 Å². The molecule has 1 aliphatic rings. The Bertz CT molecular complexity index is 506. The Hall–Kier alpha value is -1.64. The number of piperazine rings is 1. The number of urea groups is 1. The monoisotopic (exact) mass is 317 g/mol. The zero-order chi connectivity index (χ0) is 15.8. The van der Waals surface area contributed by atoms with E-state index in [2.05, 4.69) is 40.9 Å². The van der Waals surface area contributed by atoms with Gasteiger partial charge in [0.15, 0.2) is 0 Å². The summed E-state index contributed by atoms with van der Waals surface area (Å²) in [4.78, 5) is 16.4. The first-order valence-corrected chi connectivity index (χ1v) is 8.22. The Balaban J connectivity index is 1.81. The first-order valence-electron chi connectivity index (χ1n) is 7.59. The van der Waals surface area contributed by atoms with Crippen molar-refractivity contribution in [2.24, 2.45) is 0 Å². The van der Waals surface area contributed by atoms with E-state index in [0.29, 0.717) is 12.3 Å². The second-order valence-electron chi connectivity index (χ2n) is 5.49. The molecule has 0 aliphatic carbocycles. The molecule has 2 amide bonds. The molecule has 0 radical (unpaired) electrons. The molecule has 4 nitrogen and oxygen atoms in total. The van der Waals surface area contributed by atoms with Crippen molar-refractivity contribution in [3.05, 3.63) is 35.9 Å². The van der Waals surface area contributed by atoms with E-state index in [1.54, 1.807) is 0 Å². The lowest BCUT2D eigenvalue weighted by molar-refractivity contribution is 0.146. The van der Waals surface area contributed by atoms with E-state index in [1.165, 1.54) is 5.56 Å². The summed E-state index contributed by atoms with van der Waals surface area (Å²) in [6.45, 7) is 3.77. The molecule has 0 aromatic heterocycles. The summed E-state index contributed by atoms with van der Waals surface area (Å²) in [5.41, 5.74) is 1.21. The number of benzene rings is 1. The molecule has 1 heterocycles. The fourth-order valence-electron chi connectivity index (χ4n) is 2.56. The van der Waals surface area contributed by atoms with Gasteiger partial charge in [-0.25, -0.2) is 4.79 Å². The molecule has 1 unspecified atom stereocenters. The number of nitrogens with one attached hydrogen (secondary N) is 1. The fourth-order valence-corrected chi connectivity index (χ4v) is 2.78. The van der Waals surface area contributed by atoms with E-state index in [1.807, 2.05) is 23.1 Å². The van der Waals surface area contributed by atoms with Crippen LogP contribution in [0.25, 0.3) is 0 Å². The van der Waals surface area contributed by atoms with Crippen molar-refractivity contribution in [2.75, 3.05) is 38.5 Å². The van der Waals surface area contributed by atoms with Gasteiger partial charge in [0, 0.05) is 38.0 Å². The van der Waals surface area contributed by atoms with Crippen molar-refractivity contribution in [3.8, 4) is 12.3 Å². The van der Waals surface area contributed by atoms with Crippen LogP contribution in [0.5, 0.6) is 0 Å². The van der Waals surface area contributed by atoms with E-state index in [4.69, 9.17) is 6.42 Å². The minimum absolute atomic E-state index is 0.00432. The number of carbonyl (C=O) groups excluding carboxylic acids is 1. The van der Waals surface area contributed by atoms with Gasteiger partial charge in [-0.1, -0.05) is 36.3 Å². The number of thiol groups is 1. The summed E-state index contributed by atoms with van der Waals surface area (Å²) in [7, 11) is 0. The van der Waals surface area contributed by atoms with E-state index in [0.717, 1.165) is 32.6 Å².